The van der Waals surface area contributed by atoms with Gasteiger partial charge in [0.2, 0.25) is 0 Å². The average Bonchev–Trinajstić information content (AvgIpc) is 2.29. The van der Waals surface area contributed by atoms with Crippen molar-refractivity contribution < 1.29 is 13.2 Å². The van der Waals surface area contributed by atoms with Crippen molar-refractivity contribution in [1.29, 1.82) is 0 Å². The zero-order valence-corrected chi connectivity index (χ0v) is 12.7. The number of para-hydroxylation sites is 1. The lowest BCUT2D eigenvalue weighted by atomic mass is 10.2. The Balaban J connectivity index is 3.25. The van der Waals surface area contributed by atoms with Crippen molar-refractivity contribution in [2.24, 2.45) is 0 Å². The minimum Gasteiger partial charge on any atom is -0.396 e. The number of hydrogen-bond donors (Lipinski definition) is 1. The van der Waals surface area contributed by atoms with Crippen molar-refractivity contribution in [3.05, 3.63) is 18.2 Å². The number of methoxy groups -OCH3 is 1. The SMILES string of the molecule is COCCN(c1cccc(S(C)(=O)=O)c1N)C(C)C. The number of hydrogen-bond acceptors (Lipinski definition) is 5. The predicted molar refractivity (Wildman–Crippen MR) is 78.3 cm³/mol. The van der Waals surface area contributed by atoms with E-state index in [4.69, 9.17) is 10.5 Å². The largest absolute Gasteiger partial charge is 0.396 e. The van der Waals surface area contributed by atoms with Crippen LogP contribution in [-0.4, -0.2) is 41.0 Å². The van der Waals surface area contributed by atoms with Crippen LogP contribution >= 0.6 is 0 Å². The summed E-state index contributed by atoms with van der Waals surface area (Å²) in [6.07, 6.45) is 1.16. The molecule has 0 amide bonds. The van der Waals surface area contributed by atoms with Crippen LogP contribution in [-0.2, 0) is 14.6 Å². The molecule has 0 radical (unpaired) electrons. The molecule has 0 atom stereocenters. The Morgan fingerprint density at radius 3 is 2.47 bits per heavy atom. The molecule has 0 saturated heterocycles. The molecular weight excluding hydrogens is 264 g/mol. The Labute approximate surface area is 115 Å². The van der Waals surface area contributed by atoms with Gasteiger partial charge in [-0.3, -0.25) is 0 Å². The van der Waals surface area contributed by atoms with E-state index in [0.717, 1.165) is 11.9 Å². The van der Waals surface area contributed by atoms with Gasteiger partial charge in [-0.2, -0.15) is 0 Å². The minimum atomic E-state index is -3.32. The van der Waals surface area contributed by atoms with E-state index in [2.05, 4.69) is 0 Å². The summed E-state index contributed by atoms with van der Waals surface area (Å²) in [7, 11) is -1.68. The fourth-order valence-corrected chi connectivity index (χ4v) is 2.78. The first-order chi connectivity index (χ1) is 8.79. The summed E-state index contributed by atoms with van der Waals surface area (Å²) < 4.78 is 28.5. The second-order valence-electron chi connectivity index (χ2n) is 4.74. The molecule has 0 aliphatic rings. The number of benzene rings is 1. The number of ether oxygens (including phenoxy) is 1. The van der Waals surface area contributed by atoms with Crippen LogP contribution in [0.4, 0.5) is 11.4 Å². The first-order valence-corrected chi connectivity index (χ1v) is 8.02. The monoisotopic (exact) mass is 286 g/mol. The van der Waals surface area contributed by atoms with E-state index < -0.39 is 9.84 Å². The highest BCUT2D eigenvalue weighted by Crippen LogP contribution is 2.30. The molecule has 0 fully saturated rings. The Morgan fingerprint density at radius 1 is 1.37 bits per heavy atom. The van der Waals surface area contributed by atoms with Crippen molar-refractivity contribution in [1.82, 2.24) is 0 Å². The molecule has 108 valence electrons. The Hall–Kier alpha value is -1.27. The first-order valence-electron chi connectivity index (χ1n) is 6.13. The van der Waals surface area contributed by atoms with Crippen LogP contribution in [0, 0.1) is 0 Å². The smallest absolute Gasteiger partial charge is 0.177 e. The summed E-state index contributed by atoms with van der Waals surface area (Å²) in [6, 6.07) is 5.28. The minimum absolute atomic E-state index is 0.174. The van der Waals surface area contributed by atoms with Gasteiger partial charge >= 0.3 is 0 Å². The summed E-state index contributed by atoms with van der Waals surface area (Å²) >= 11 is 0. The maximum Gasteiger partial charge on any atom is 0.177 e. The third kappa shape index (κ3) is 3.84. The predicted octanol–water partition coefficient (Wildman–Crippen LogP) is 1.53. The molecule has 1 aromatic carbocycles. The van der Waals surface area contributed by atoms with Crippen molar-refractivity contribution >= 4 is 21.2 Å². The topological polar surface area (TPSA) is 72.6 Å². The number of rotatable bonds is 6. The summed E-state index contributed by atoms with van der Waals surface area (Å²) in [5.41, 5.74) is 7.05. The Kier molecular flexibility index (Phi) is 5.20. The molecule has 0 aliphatic carbocycles. The number of anilines is 2. The molecule has 6 heteroatoms. The normalized spacial score (nSPS) is 11.8. The van der Waals surface area contributed by atoms with Gasteiger partial charge in [-0.05, 0) is 26.0 Å². The van der Waals surface area contributed by atoms with Gasteiger partial charge in [0.05, 0.1) is 22.9 Å². The number of sulfone groups is 1. The maximum absolute atomic E-state index is 11.7. The number of nitrogens with two attached hydrogens (primary N) is 1. The van der Waals surface area contributed by atoms with Gasteiger partial charge in [0.25, 0.3) is 0 Å². The van der Waals surface area contributed by atoms with E-state index in [-0.39, 0.29) is 10.9 Å². The zero-order chi connectivity index (χ0) is 14.6. The Bertz CT molecular complexity index is 527. The van der Waals surface area contributed by atoms with Gasteiger partial charge in [0, 0.05) is 26.0 Å². The first kappa shape index (κ1) is 15.8. The molecule has 0 aliphatic heterocycles. The van der Waals surface area contributed by atoms with E-state index in [1.165, 1.54) is 6.07 Å². The quantitative estimate of drug-likeness (QED) is 0.803. The molecule has 1 rings (SSSR count). The lowest BCUT2D eigenvalue weighted by molar-refractivity contribution is 0.204. The number of nitrogens with zero attached hydrogens (tertiary/aromatic N) is 1. The van der Waals surface area contributed by atoms with Crippen molar-refractivity contribution in [3.8, 4) is 0 Å². The second kappa shape index (κ2) is 6.25. The molecule has 0 bridgehead atoms. The molecule has 0 unspecified atom stereocenters. The Morgan fingerprint density at radius 2 is 2.00 bits per heavy atom. The van der Waals surface area contributed by atoms with Gasteiger partial charge in [-0.15, -0.1) is 0 Å². The molecule has 2 N–H and O–H groups in total. The van der Waals surface area contributed by atoms with Gasteiger partial charge < -0.3 is 15.4 Å². The summed E-state index contributed by atoms with van der Waals surface area (Å²) in [4.78, 5) is 2.21. The molecule has 19 heavy (non-hydrogen) atoms. The molecule has 0 saturated carbocycles. The molecular formula is C13H22N2O3S. The fourth-order valence-electron chi connectivity index (χ4n) is 1.95. The lowest BCUT2D eigenvalue weighted by Gasteiger charge is -2.30. The lowest BCUT2D eigenvalue weighted by Crippen LogP contribution is -2.34. The highest BCUT2D eigenvalue weighted by Gasteiger charge is 2.19. The van der Waals surface area contributed by atoms with E-state index in [1.807, 2.05) is 24.8 Å². The molecule has 0 aromatic heterocycles. The number of nitrogen functional groups attached to an aromatic ring is 1. The fraction of sp³-hybridized carbons (Fsp3) is 0.538. The van der Waals surface area contributed by atoms with Crippen LogP contribution in [0.15, 0.2) is 23.1 Å². The molecule has 0 spiro atoms. The van der Waals surface area contributed by atoms with E-state index in [1.54, 1.807) is 13.2 Å². The second-order valence-corrected chi connectivity index (χ2v) is 6.73. The van der Waals surface area contributed by atoms with Crippen LogP contribution in [0.1, 0.15) is 13.8 Å². The summed E-state index contributed by atoms with van der Waals surface area (Å²) in [5.74, 6) is 0. The van der Waals surface area contributed by atoms with Crippen LogP contribution in [0.25, 0.3) is 0 Å². The molecule has 1 aromatic rings. The highest BCUT2D eigenvalue weighted by molar-refractivity contribution is 7.90. The zero-order valence-electron chi connectivity index (χ0n) is 11.9. The maximum atomic E-state index is 11.7. The van der Waals surface area contributed by atoms with E-state index >= 15 is 0 Å². The van der Waals surface area contributed by atoms with Crippen LogP contribution in [0.3, 0.4) is 0 Å². The molecule has 0 heterocycles. The van der Waals surface area contributed by atoms with Gasteiger partial charge in [0.1, 0.15) is 0 Å². The van der Waals surface area contributed by atoms with E-state index in [0.29, 0.717) is 18.8 Å². The molecule has 5 nitrogen and oxygen atoms in total. The van der Waals surface area contributed by atoms with Crippen LogP contribution in [0.2, 0.25) is 0 Å². The van der Waals surface area contributed by atoms with E-state index in [9.17, 15) is 8.42 Å². The average molecular weight is 286 g/mol. The summed E-state index contributed by atoms with van der Waals surface area (Å²) in [5, 5.41) is 0. The van der Waals surface area contributed by atoms with Gasteiger partial charge in [-0.25, -0.2) is 8.42 Å². The third-order valence-corrected chi connectivity index (χ3v) is 4.07. The summed E-state index contributed by atoms with van der Waals surface area (Å²) in [6.45, 7) is 5.27. The van der Waals surface area contributed by atoms with Crippen LogP contribution in [0.5, 0.6) is 0 Å². The van der Waals surface area contributed by atoms with Crippen LogP contribution < -0.4 is 10.6 Å². The highest BCUT2D eigenvalue weighted by atomic mass is 32.2. The van der Waals surface area contributed by atoms with Gasteiger partial charge in [-0.1, -0.05) is 6.07 Å². The van der Waals surface area contributed by atoms with Gasteiger partial charge in [0.15, 0.2) is 9.84 Å². The van der Waals surface area contributed by atoms with Crippen molar-refractivity contribution in [2.45, 2.75) is 24.8 Å². The van der Waals surface area contributed by atoms with Crippen molar-refractivity contribution in [2.75, 3.05) is 37.2 Å². The third-order valence-electron chi connectivity index (χ3n) is 2.91. The standard InChI is InChI=1S/C13H22N2O3S/c1-10(2)15(8-9-18-3)11-6-5-7-12(13(11)14)19(4,16)17/h5-7,10H,8-9,14H2,1-4H3. The van der Waals surface area contributed by atoms with Crippen molar-refractivity contribution in [3.63, 3.8) is 0 Å².